The number of hydrogen-bond acceptors (Lipinski definition) is 4. The Bertz CT molecular complexity index is 912. The van der Waals surface area contributed by atoms with Crippen LogP contribution in [0, 0.1) is 0 Å². The van der Waals surface area contributed by atoms with E-state index in [1.165, 1.54) is 0 Å². The van der Waals surface area contributed by atoms with Gasteiger partial charge in [-0.1, -0.05) is 42.1 Å². The largest absolute Gasteiger partial charge is 0.372 e. The Labute approximate surface area is 163 Å². The maximum Gasteiger partial charge on any atom is 0.254 e. The molecule has 1 aromatic heterocycles. The number of benzene rings is 2. The number of aromatic amines is 1. The lowest BCUT2D eigenvalue weighted by atomic mass is 10.1. The Morgan fingerprint density at radius 1 is 1.15 bits per heavy atom. The van der Waals surface area contributed by atoms with Gasteiger partial charge < -0.3 is 14.6 Å². The molecule has 1 aliphatic rings. The monoisotopic (exact) mass is 381 g/mol. The van der Waals surface area contributed by atoms with Crippen LogP contribution in [0.15, 0.2) is 53.7 Å². The predicted molar refractivity (Wildman–Crippen MR) is 108 cm³/mol. The molecule has 1 aliphatic heterocycles. The van der Waals surface area contributed by atoms with Crippen LogP contribution in [-0.2, 0) is 10.5 Å². The van der Waals surface area contributed by atoms with Crippen LogP contribution < -0.4 is 0 Å². The van der Waals surface area contributed by atoms with E-state index in [0.717, 1.165) is 27.3 Å². The Morgan fingerprint density at radius 2 is 1.85 bits per heavy atom. The summed E-state index contributed by atoms with van der Waals surface area (Å²) in [4.78, 5) is 22.9. The van der Waals surface area contributed by atoms with Crippen molar-refractivity contribution in [2.24, 2.45) is 0 Å². The number of fused-ring (bicyclic) bond motifs is 1. The number of imidazole rings is 1. The fourth-order valence-electron chi connectivity index (χ4n) is 3.51. The van der Waals surface area contributed by atoms with Gasteiger partial charge in [0.2, 0.25) is 0 Å². The molecule has 0 bridgehead atoms. The highest BCUT2D eigenvalue weighted by molar-refractivity contribution is 7.98. The molecule has 1 amide bonds. The number of nitrogens with zero attached hydrogens (tertiary/aromatic N) is 2. The second-order valence-electron chi connectivity index (χ2n) is 6.97. The van der Waals surface area contributed by atoms with Gasteiger partial charge in [0, 0.05) is 24.4 Å². The smallest absolute Gasteiger partial charge is 0.254 e. The van der Waals surface area contributed by atoms with Crippen LogP contribution in [0.5, 0.6) is 0 Å². The van der Waals surface area contributed by atoms with Gasteiger partial charge in [-0.2, -0.15) is 0 Å². The number of aromatic nitrogens is 2. The molecule has 1 saturated heterocycles. The minimum absolute atomic E-state index is 0.0646. The van der Waals surface area contributed by atoms with Gasteiger partial charge in [-0.25, -0.2) is 4.98 Å². The SMILES string of the molecule is CC1CN(C(=O)c2ccccc2CSc2nc3ccccc3[nH]2)CC(C)O1. The van der Waals surface area contributed by atoms with E-state index >= 15 is 0 Å². The molecule has 27 heavy (non-hydrogen) atoms. The number of ether oxygens (including phenoxy) is 1. The molecule has 3 aromatic rings. The first kappa shape index (κ1) is 18.1. The number of hydrogen-bond donors (Lipinski definition) is 1. The molecule has 2 aromatic carbocycles. The summed E-state index contributed by atoms with van der Waals surface area (Å²) in [6, 6.07) is 15.8. The number of H-pyrrole nitrogens is 1. The number of nitrogens with one attached hydrogen (secondary N) is 1. The van der Waals surface area contributed by atoms with Crippen molar-refractivity contribution in [3.05, 3.63) is 59.7 Å². The van der Waals surface area contributed by atoms with Gasteiger partial charge in [-0.05, 0) is 37.6 Å². The summed E-state index contributed by atoms with van der Waals surface area (Å²) in [5.74, 6) is 0.773. The number of thioether (sulfide) groups is 1. The van der Waals surface area contributed by atoms with Crippen molar-refractivity contribution >= 4 is 28.7 Å². The van der Waals surface area contributed by atoms with Crippen LogP contribution >= 0.6 is 11.8 Å². The van der Waals surface area contributed by atoms with Gasteiger partial charge in [0.1, 0.15) is 0 Å². The van der Waals surface area contributed by atoms with Crippen molar-refractivity contribution in [1.82, 2.24) is 14.9 Å². The van der Waals surface area contributed by atoms with Crippen LogP contribution in [0.2, 0.25) is 0 Å². The lowest BCUT2D eigenvalue weighted by Crippen LogP contribution is -2.48. The van der Waals surface area contributed by atoms with Gasteiger partial charge >= 0.3 is 0 Å². The Hall–Kier alpha value is -2.31. The van der Waals surface area contributed by atoms with Gasteiger partial charge in [0.05, 0.1) is 23.2 Å². The second-order valence-corrected chi connectivity index (χ2v) is 7.94. The van der Waals surface area contributed by atoms with E-state index in [-0.39, 0.29) is 18.1 Å². The van der Waals surface area contributed by atoms with E-state index in [9.17, 15) is 4.79 Å². The van der Waals surface area contributed by atoms with Gasteiger partial charge in [-0.15, -0.1) is 0 Å². The highest BCUT2D eigenvalue weighted by atomic mass is 32.2. The first-order chi connectivity index (χ1) is 13.1. The van der Waals surface area contributed by atoms with Crippen molar-refractivity contribution < 1.29 is 9.53 Å². The zero-order valence-corrected chi connectivity index (χ0v) is 16.3. The fraction of sp³-hybridized carbons (Fsp3) is 0.333. The Balaban J connectivity index is 1.51. The van der Waals surface area contributed by atoms with E-state index in [2.05, 4.69) is 9.97 Å². The molecule has 1 N–H and O–H groups in total. The Kier molecular flexibility index (Phi) is 5.18. The predicted octanol–water partition coefficient (Wildman–Crippen LogP) is 4.10. The minimum atomic E-state index is 0.0646. The van der Waals surface area contributed by atoms with Crippen LogP contribution in [0.1, 0.15) is 29.8 Å². The lowest BCUT2D eigenvalue weighted by Gasteiger charge is -2.35. The summed E-state index contributed by atoms with van der Waals surface area (Å²) >= 11 is 1.62. The molecule has 5 nitrogen and oxygen atoms in total. The van der Waals surface area contributed by atoms with E-state index in [4.69, 9.17) is 4.74 Å². The van der Waals surface area contributed by atoms with E-state index < -0.39 is 0 Å². The normalized spacial score (nSPS) is 20.1. The molecule has 2 unspecified atom stereocenters. The van der Waals surface area contributed by atoms with Crippen molar-refractivity contribution in [1.29, 1.82) is 0 Å². The Morgan fingerprint density at radius 3 is 2.63 bits per heavy atom. The molecular weight excluding hydrogens is 358 g/mol. The fourth-order valence-corrected chi connectivity index (χ4v) is 4.40. The van der Waals surface area contributed by atoms with Gasteiger partial charge in [-0.3, -0.25) is 4.79 Å². The third-order valence-corrected chi connectivity index (χ3v) is 5.61. The summed E-state index contributed by atoms with van der Waals surface area (Å²) in [7, 11) is 0. The average Bonchev–Trinajstić information content (AvgIpc) is 3.08. The van der Waals surface area contributed by atoms with E-state index in [1.54, 1.807) is 11.8 Å². The lowest BCUT2D eigenvalue weighted by molar-refractivity contribution is -0.0586. The quantitative estimate of drug-likeness (QED) is 0.691. The molecule has 0 saturated carbocycles. The maximum atomic E-state index is 13.1. The summed E-state index contributed by atoms with van der Waals surface area (Å²) in [6.45, 7) is 5.29. The number of para-hydroxylation sites is 2. The third-order valence-electron chi connectivity index (χ3n) is 4.69. The number of rotatable bonds is 4. The highest BCUT2D eigenvalue weighted by Crippen LogP contribution is 2.26. The first-order valence-corrected chi connectivity index (χ1v) is 10.2. The van der Waals surface area contributed by atoms with E-state index in [1.807, 2.05) is 67.3 Å². The van der Waals surface area contributed by atoms with Crippen molar-refractivity contribution in [3.63, 3.8) is 0 Å². The zero-order valence-electron chi connectivity index (χ0n) is 15.5. The standard InChI is InChI=1S/C21H23N3O2S/c1-14-11-24(12-15(2)26-14)20(25)17-8-4-3-7-16(17)13-27-21-22-18-9-5-6-10-19(18)23-21/h3-10,14-15H,11-13H2,1-2H3,(H,22,23). The van der Waals surface area contributed by atoms with Crippen LogP contribution in [0.3, 0.4) is 0 Å². The van der Waals surface area contributed by atoms with Crippen molar-refractivity contribution in [2.75, 3.05) is 13.1 Å². The molecule has 1 fully saturated rings. The zero-order chi connectivity index (χ0) is 18.8. The summed E-state index contributed by atoms with van der Waals surface area (Å²) in [5.41, 5.74) is 3.78. The summed E-state index contributed by atoms with van der Waals surface area (Å²) in [5, 5.41) is 0.868. The van der Waals surface area contributed by atoms with Gasteiger partial charge in [0.15, 0.2) is 5.16 Å². The first-order valence-electron chi connectivity index (χ1n) is 9.20. The third kappa shape index (κ3) is 4.01. The van der Waals surface area contributed by atoms with Crippen molar-refractivity contribution in [3.8, 4) is 0 Å². The number of morpholine rings is 1. The molecular formula is C21H23N3O2S. The molecule has 0 aliphatic carbocycles. The summed E-state index contributed by atoms with van der Waals surface area (Å²) < 4.78 is 5.76. The molecule has 140 valence electrons. The number of amides is 1. The maximum absolute atomic E-state index is 13.1. The average molecular weight is 382 g/mol. The number of carbonyl (C=O) groups is 1. The molecule has 4 rings (SSSR count). The van der Waals surface area contributed by atoms with Crippen molar-refractivity contribution in [2.45, 2.75) is 37.0 Å². The molecule has 2 atom stereocenters. The molecule has 0 radical (unpaired) electrons. The second kappa shape index (κ2) is 7.74. The van der Waals surface area contributed by atoms with Crippen LogP contribution in [0.25, 0.3) is 11.0 Å². The molecule has 0 spiro atoms. The topological polar surface area (TPSA) is 58.2 Å². The van der Waals surface area contributed by atoms with Gasteiger partial charge in [0.25, 0.3) is 5.91 Å². The molecule has 2 heterocycles. The minimum Gasteiger partial charge on any atom is -0.372 e. The van der Waals surface area contributed by atoms with Crippen LogP contribution in [-0.4, -0.2) is 46.1 Å². The molecule has 6 heteroatoms. The summed E-state index contributed by atoms with van der Waals surface area (Å²) in [6.07, 6.45) is 0.129. The highest BCUT2D eigenvalue weighted by Gasteiger charge is 2.27. The van der Waals surface area contributed by atoms with E-state index in [0.29, 0.717) is 18.8 Å². The van der Waals surface area contributed by atoms with Crippen LogP contribution in [0.4, 0.5) is 0 Å². The number of carbonyl (C=O) groups excluding carboxylic acids is 1.